The highest BCUT2D eigenvalue weighted by Gasteiger charge is 2.32. The third kappa shape index (κ3) is 4.63. The third-order valence-electron chi connectivity index (χ3n) is 3.99. The van der Waals surface area contributed by atoms with Crippen molar-refractivity contribution in [3.8, 4) is 5.75 Å². The molecule has 0 bridgehead atoms. The van der Waals surface area contributed by atoms with Gasteiger partial charge in [-0.3, -0.25) is 0 Å². The first-order chi connectivity index (χ1) is 10.0. The average Bonchev–Trinajstić information content (AvgIpc) is 2.46. The van der Waals surface area contributed by atoms with Crippen LogP contribution in [0.4, 0.5) is 10.5 Å². The number of benzene rings is 1. The number of ether oxygens (including phenoxy) is 1. The Labute approximate surface area is 125 Å². The topological polar surface area (TPSA) is 70.6 Å². The van der Waals surface area contributed by atoms with E-state index in [0.29, 0.717) is 18.2 Å². The molecule has 5 heteroatoms. The molecule has 1 aliphatic carbocycles. The Kier molecular flexibility index (Phi) is 5.07. The van der Waals surface area contributed by atoms with Gasteiger partial charge in [-0.1, -0.05) is 19.8 Å². The Balaban J connectivity index is 1.81. The lowest BCUT2D eigenvalue weighted by atomic mass is 9.79. The number of aliphatic hydroxyl groups is 1. The van der Waals surface area contributed by atoms with E-state index in [4.69, 9.17) is 4.74 Å². The molecule has 1 aliphatic rings. The fourth-order valence-corrected chi connectivity index (χ4v) is 2.89. The van der Waals surface area contributed by atoms with E-state index >= 15 is 0 Å². The van der Waals surface area contributed by atoms with Crippen LogP contribution in [0, 0.1) is 5.92 Å². The first kappa shape index (κ1) is 15.6. The van der Waals surface area contributed by atoms with Crippen LogP contribution in [-0.4, -0.2) is 30.4 Å². The quantitative estimate of drug-likeness (QED) is 0.799. The molecule has 0 heterocycles. The van der Waals surface area contributed by atoms with Crippen molar-refractivity contribution >= 4 is 11.7 Å². The Hall–Kier alpha value is -1.75. The second-order valence-electron chi connectivity index (χ2n) is 5.96. The van der Waals surface area contributed by atoms with E-state index in [9.17, 15) is 9.90 Å². The minimum Gasteiger partial charge on any atom is -0.497 e. The number of carbonyl (C=O) groups is 1. The van der Waals surface area contributed by atoms with Gasteiger partial charge in [-0.15, -0.1) is 0 Å². The van der Waals surface area contributed by atoms with E-state index in [1.165, 1.54) is 0 Å². The summed E-state index contributed by atoms with van der Waals surface area (Å²) in [5.41, 5.74) is -0.0770. The van der Waals surface area contributed by atoms with Gasteiger partial charge in [0.25, 0.3) is 0 Å². The van der Waals surface area contributed by atoms with Crippen LogP contribution in [0.15, 0.2) is 24.3 Å². The Bertz CT molecular complexity index is 475. The zero-order valence-corrected chi connectivity index (χ0v) is 12.7. The molecule has 1 aromatic carbocycles. The van der Waals surface area contributed by atoms with Crippen LogP contribution in [0.1, 0.15) is 32.6 Å². The van der Waals surface area contributed by atoms with Gasteiger partial charge in [0.1, 0.15) is 5.75 Å². The Morgan fingerprint density at radius 2 is 2.14 bits per heavy atom. The molecule has 21 heavy (non-hydrogen) atoms. The Morgan fingerprint density at radius 3 is 2.76 bits per heavy atom. The van der Waals surface area contributed by atoms with Gasteiger partial charge in [0.2, 0.25) is 0 Å². The van der Waals surface area contributed by atoms with Crippen molar-refractivity contribution in [2.45, 2.75) is 38.2 Å². The second-order valence-corrected chi connectivity index (χ2v) is 5.96. The normalized spacial score (nSPS) is 25.2. The number of rotatable bonds is 4. The highest BCUT2D eigenvalue weighted by atomic mass is 16.5. The number of methoxy groups -OCH3 is 1. The predicted molar refractivity (Wildman–Crippen MR) is 82.6 cm³/mol. The molecule has 1 fully saturated rings. The summed E-state index contributed by atoms with van der Waals surface area (Å²) in [6, 6.07) is 6.82. The summed E-state index contributed by atoms with van der Waals surface area (Å²) in [6.07, 6.45) is 3.66. The molecule has 1 saturated carbocycles. The summed E-state index contributed by atoms with van der Waals surface area (Å²) in [4.78, 5) is 11.9. The molecule has 2 unspecified atom stereocenters. The molecule has 2 atom stereocenters. The maximum absolute atomic E-state index is 11.9. The summed E-state index contributed by atoms with van der Waals surface area (Å²) in [7, 11) is 1.60. The molecule has 1 aromatic rings. The van der Waals surface area contributed by atoms with Crippen molar-refractivity contribution in [1.82, 2.24) is 5.32 Å². The SMILES string of the molecule is COc1ccc(NC(=O)NCC2(O)CCCC(C)C2)cc1. The highest BCUT2D eigenvalue weighted by Crippen LogP contribution is 2.31. The van der Waals surface area contributed by atoms with Crippen LogP contribution >= 0.6 is 0 Å². The van der Waals surface area contributed by atoms with Crippen LogP contribution in [0.25, 0.3) is 0 Å². The van der Waals surface area contributed by atoms with Crippen molar-refractivity contribution in [2.75, 3.05) is 19.0 Å². The van der Waals surface area contributed by atoms with Gasteiger partial charge in [-0.2, -0.15) is 0 Å². The third-order valence-corrected chi connectivity index (χ3v) is 3.99. The molecule has 3 N–H and O–H groups in total. The largest absolute Gasteiger partial charge is 0.497 e. The number of hydrogen-bond acceptors (Lipinski definition) is 3. The van der Waals surface area contributed by atoms with Crippen molar-refractivity contribution in [1.29, 1.82) is 0 Å². The summed E-state index contributed by atoms with van der Waals surface area (Å²) in [5.74, 6) is 1.25. The van der Waals surface area contributed by atoms with Crippen molar-refractivity contribution < 1.29 is 14.6 Å². The number of hydrogen-bond donors (Lipinski definition) is 3. The lowest BCUT2D eigenvalue weighted by Crippen LogP contribution is -2.46. The molecule has 2 rings (SSSR count). The van der Waals surface area contributed by atoms with Crippen LogP contribution in [0.2, 0.25) is 0 Å². The number of carbonyl (C=O) groups excluding carboxylic acids is 1. The van der Waals surface area contributed by atoms with Gasteiger partial charge in [0.05, 0.1) is 12.7 Å². The zero-order valence-electron chi connectivity index (χ0n) is 12.7. The maximum Gasteiger partial charge on any atom is 0.319 e. The molecule has 0 spiro atoms. The smallest absolute Gasteiger partial charge is 0.319 e. The molecule has 0 aromatic heterocycles. The molecular weight excluding hydrogens is 268 g/mol. The minimum atomic E-state index is -0.769. The number of nitrogens with one attached hydrogen (secondary N) is 2. The van der Waals surface area contributed by atoms with Crippen LogP contribution in [-0.2, 0) is 0 Å². The summed E-state index contributed by atoms with van der Waals surface area (Å²) in [5, 5.41) is 16.0. The number of amides is 2. The van der Waals surface area contributed by atoms with E-state index in [1.807, 2.05) is 0 Å². The minimum absolute atomic E-state index is 0.291. The van der Waals surface area contributed by atoms with Gasteiger partial charge in [-0.25, -0.2) is 4.79 Å². The second kappa shape index (κ2) is 6.80. The van der Waals surface area contributed by atoms with Crippen LogP contribution in [0.3, 0.4) is 0 Å². The van der Waals surface area contributed by atoms with Gasteiger partial charge in [0.15, 0.2) is 0 Å². The molecule has 0 aliphatic heterocycles. The summed E-state index contributed by atoms with van der Waals surface area (Å²) < 4.78 is 5.06. The van der Waals surface area contributed by atoms with E-state index in [0.717, 1.165) is 31.4 Å². The van der Waals surface area contributed by atoms with Gasteiger partial charge in [0, 0.05) is 12.2 Å². The fourth-order valence-electron chi connectivity index (χ4n) is 2.89. The number of anilines is 1. The van der Waals surface area contributed by atoms with Crippen molar-refractivity contribution in [2.24, 2.45) is 5.92 Å². The summed E-state index contributed by atoms with van der Waals surface area (Å²) in [6.45, 7) is 2.43. The van der Waals surface area contributed by atoms with Crippen molar-refractivity contribution in [3.05, 3.63) is 24.3 Å². The molecule has 5 nitrogen and oxygen atoms in total. The Morgan fingerprint density at radius 1 is 1.43 bits per heavy atom. The van der Waals surface area contributed by atoms with Gasteiger partial charge in [-0.05, 0) is 43.0 Å². The average molecular weight is 292 g/mol. The molecular formula is C16H24N2O3. The molecule has 116 valence electrons. The predicted octanol–water partition coefficient (Wildman–Crippen LogP) is 2.76. The van der Waals surface area contributed by atoms with E-state index in [2.05, 4.69) is 17.6 Å². The van der Waals surface area contributed by atoms with Crippen LogP contribution < -0.4 is 15.4 Å². The van der Waals surface area contributed by atoms with Crippen molar-refractivity contribution in [3.63, 3.8) is 0 Å². The molecule has 0 saturated heterocycles. The monoisotopic (exact) mass is 292 g/mol. The lowest BCUT2D eigenvalue weighted by molar-refractivity contribution is -0.00920. The molecule has 2 amide bonds. The van der Waals surface area contributed by atoms with E-state index in [1.54, 1.807) is 31.4 Å². The zero-order chi connectivity index (χ0) is 15.3. The van der Waals surface area contributed by atoms with Crippen LogP contribution in [0.5, 0.6) is 5.75 Å². The van der Waals surface area contributed by atoms with Gasteiger partial charge >= 0.3 is 6.03 Å². The highest BCUT2D eigenvalue weighted by molar-refractivity contribution is 5.89. The standard InChI is InChI=1S/C16H24N2O3/c1-12-4-3-9-16(20,10-12)11-17-15(19)18-13-5-7-14(21-2)8-6-13/h5-8,12,20H,3-4,9-11H2,1-2H3,(H2,17,18,19). The lowest BCUT2D eigenvalue weighted by Gasteiger charge is -2.35. The molecule has 0 radical (unpaired) electrons. The first-order valence-electron chi connectivity index (χ1n) is 7.42. The fraction of sp³-hybridized carbons (Fsp3) is 0.562. The summed E-state index contributed by atoms with van der Waals surface area (Å²) >= 11 is 0. The van der Waals surface area contributed by atoms with Gasteiger partial charge < -0.3 is 20.5 Å². The number of urea groups is 1. The maximum atomic E-state index is 11.9. The van der Waals surface area contributed by atoms with E-state index in [-0.39, 0.29) is 6.03 Å². The van der Waals surface area contributed by atoms with E-state index < -0.39 is 5.60 Å². The first-order valence-corrected chi connectivity index (χ1v) is 7.42.